The van der Waals surface area contributed by atoms with Crippen molar-refractivity contribution >= 4 is 17.8 Å². The van der Waals surface area contributed by atoms with E-state index >= 15 is 0 Å². The molecule has 0 N–H and O–H groups in total. The van der Waals surface area contributed by atoms with E-state index in [0.717, 1.165) is 11.3 Å². The van der Waals surface area contributed by atoms with Crippen molar-refractivity contribution in [3.05, 3.63) is 48.6 Å². The van der Waals surface area contributed by atoms with Crippen molar-refractivity contribution < 1.29 is 19.1 Å². The van der Waals surface area contributed by atoms with Crippen molar-refractivity contribution in [1.29, 1.82) is 0 Å². The zero-order valence-corrected chi connectivity index (χ0v) is 11.0. The molecule has 0 saturated heterocycles. The molecule has 4 nitrogen and oxygen atoms in total. The molecule has 0 spiro atoms. The number of ketones is 1. The molecule has 1 aromatic rings. The molecule has 1 rings (SSSR count). The smallest absolute Gasteiger partial charge is 0.379 e. The van der Waals surface area contributed by atoms with Crippen LogP contribution in [-0.2, 0) is 14.3 Å². The molecule has 0 saturated carbocycles. The van der Waals surface area contributed by atoms with Crippen LogP contribution in [0.1, 0.15) is 12.5 Å². The van der Waals surface area contributed by atoms with E-state index in [2.05, 4.69) is 6.58 Å². The number of hydrogen-bond acceptors (Lipinski definition) is 4. The molecule has 0 aliphatic carbocycles. The third-order valence-electron chi connectivity index (χ3n) is 2.37. The lowest BCUT2D eigenvalue weighted by atomic mass is 10.2. The average Bonchev–Trinajstić information content (AvgIpc) is 2.44. The minimum Gasteiger partial charge on any atom is -0.497 e. The van der Waals surface area contributed by atoms with Crippen LogP contribution in [0.5, 0.6) is 5.75 Å². The molecule has 19 heavy (non-hydrogen) atoms. The monoisotopic (exact) mass is 260 g/mol. The molecule has 1 atom stereocenters. The van der Waals surface area contributed by atoms with Crippen LogP contribution < -0.4 is 4.74 Å². The maximum absolute atomic E-state index is 11.5. The number of hydrogen-bond donors (Lipinski definition) is 0. The second-order valence-electron chi connectivity index (χ2n) is 3.82. The number of carbonyl (C=O) groups is 2. The Balaban J connectivity index is 2.62. The van der Waals surface area contributed by atoms with Gasteiger partial charge in [0.2, 0.25) is 0 Å². The first-order valence-corrected chi connectivity index (χ1v) is 5.76. The van der Waals surface area contributed by atoms with Crippen molar-refractivity contribution in [2.24, 2.45) is 0 Å². The van der Waals surface area contributed by atoms with Crippen LogP contribution in [0.2, 0.25) is 0 Å². The van der Waals surface area contributed by atoms with Crippen LogP contribution in [0.4, 0.5) is 0 Å². The maximum atomic E-state index is 11.5. The van der Waals surface area contributed by atoms with Gasteiger partial charge in [-0.15, -0.1) is 0 Å². The maximum Gasteiger partial charge on any atom is 0.379 e. The summed E-state index contributed by atoms with van der Waals surface area (Å²) in [6.07, 6.45) is 3.69. The number of carbonyl (C=O) groups excluding carboxylic acids is 2. The highest BCUT2D eigenvalue weighted by Gasteiger charge is 2.13. The normalized spacial score (nSPS) is 11.9. The van der Waals surface area contributed by atoms with Crippen molar-refractivity contribution in [2.75, 3.05) is 7.11 Å². The highest BCUT2D eigenvalue weighted by Crippen LogP contribution is 2.12. The third-order valence-corrected chi connectivity index (χ3v) is 2.37. The Morgan fingerprint density at radius 2 is 1.89 bits per heavy atom. The summed E-state index contributed by atoms with van der Waals surface area (Å²) < 4.78 is 9.82. The van der Waals surface area contributed by atoms with Crippen LogP contribution in [0.15, 0.2) is 43.0 Å². The summed E-state index contributed by atoms with van der Waals surface area (Å²) >= 11 is 0. The van der Waals surface area contributed by atoms with Gasteiger partial charge in [0.1, 0.15) is 11.9 Å². The molecule has 0 amide bonds. The van der Waals surface area contributed by atoms with E-state index in [1.807, 2.05) is 0 Å². The van der Waals surface area contributed by atoms with Gasteiger partial charge in [0, 0.05) is 0 Å². The third kappa shape index (κ3) is 4.79. The quantitative estimate of drug-likeness (QED) is 0.341. The molecule has 100 valence electrons. The highest BCUT2D eigenvalue weighted by molar-refractivity contribution is 6.39. The van der Waals surface area contributed by atoms with E-state index in [9.17, 15) is 9.59 Å². The molecule has 4 heteroatoms. The molecule has 1 aromatic carbocycles. The number of methoxy groups -OCH3 is 1. The molecule has 0 heterocycles. The van der Waals surface area contributed by atoms with E-state index in [-0.39, 0.29) is 0 Å². The van der Waals surface area contributed by atoms with Crippen LogP contribution in [0, 0.1) is 0 Å². The predicted molar refractivity (Wildman–Crippen MR) is 72.8 cm³/mol. The summed E-state index contributed by atoms with van der Waals surface area (Å²) in [6.45, 7) is 5.09. The van der Waals surface area contributed by atoms with Gasteiger partial charge in [-0.1, -0.05) is 30.9 Å². The van der Waals surface area contributed by atoms with Gasteiger partial charge < -0.3 is 9.47 Å². The summed E-state index contributed by atoms with van der Waals surface area (Å²) in [7, 11) is 1.57. The van der Waals surface area contributed by atoms with Crippen LogP contribution >= 0.6 is 0 Å². The van der Waals surface area contributed by atoms with Gasteiger partial charge in [0.05, 0.1) is 7.11 Å². The molecule has 0 bridgehead atoms. The lowest BCUT2D eigenvalue weighted by molar-refractivity contribution is -0.153. The molecule has 0 aliphatic rings. The summed E-state index contributed by atoms with van der Waals surface area (Å²) in [6, 6.07) is 7.09. The van der Waals surface area contributed by atoms with Gasteiger partial charge in [-0.2, -0.15) is 0 Å². The standard InChI is InChI=1S/C15H16O4/c1-4-11(2)19-15(17)14(16)10-7-12-5-8-13(18-3)9-6-12/h4-11H,1H2,2-3H3/b10-7+. The average molecular weight is 260 g/mol. The molecule has 0 aliphatic heterocycles. The van der Waals surface area contributed by atoms with Gasteiger partial charge in [-0.25, -0.2) is 4.79 Å². The van der Waals surface area contributed by atoms with Crippen molar-refractivity contribution in [1.82, 2.24) is 0 Å². The summed E-state index contributed by atoms with van der Waals surface area (Å²) in [5.41, 5.74) is 0.790. The van der Waals surface area contributed by atoms with E-state index in [1.54, 1.807) is 44.4 Å². The summed E-state index contributed by atoms with van der Waals surface area (Å²) in [5, 5.41) is 0. The van der Waals surface area contributed by atoms with Crippen molar-refractivity contribution in [2.45, 2.75) is 13.0 Å². The SMILES string of the molecule is C=CC(C)OC(=O)C(=O)/C=C/c1ccc(OC)cc1. The fraction of sp³-hybridized carbons (Fsp3) is 0.200. The Bertz CT molecular complexity index is 485. The van der Waals surface area contributed by atoms with Gasteiger partial charge in [-0.3, -0.25) is 4.79 Å². The molecular formula is C15H16O4. The van der Waals surface area contributed by atoms with E-state index in [0.29, 0.717) is 0 Å². The lowest BCUT2D eigenvalue weighted by Gasteiger charge is -2.05. The number of ether oxygens (including phenoxy) is 2. The molecular weight excluding hydrogens is 244 g/mol. The summed E-state index contributed by atoms with van der Waals surface area (Å²) in [5.74, 6) is -0.871. The van der Waals surface area contributed by atoms with Gasteiger partial charge >= 0.3 is 5.97 Å². The molecule has 0 aromatic heterocycles. The second kappa shape index (κ2) is 7.16. The Morgan fingerprint density at radius 3 is 2.42 bits per heavy atom. The molecule has 1 unspecified atom stereocenters. The second-order valence-corrected chi connectivity index (χ2v) is 3.82. The predicted octanol–water partition coefficient (Wildman–Crippen LogP) is 2.40. The zero-order chi connectivity index (χ0) is 14.3. The molecule has 0 radical (unpaired) electrons. The van der Waals surface area contributed by atoms with Gasteiger partial charge in [0.25, 0.3) is 5.78 Å². The first kappa shape index (κ1) is 14.7. The number of rotatable bonds is 6. The topological polar surface area (TPSA) is 52.6 Å². The summed E-state index contributed by atoms with van der Waals surface area (Å²) in [4.78, 5) is 22.8. The Morgan fingerprint density at radius 1 is 1.26 bits per heavy atom. The van der Waals surface area contributed by atoms with Gasteiger partial charge in [0.15, 0.2) is 0 Å². The highest BCUT2D eigenvalue weighted by atomic mass is 16.5. The van der Waals surface area contributed by atoms with E-state index in [1.165, 1.54) is 12.2 Å². The number of benzene rings is 1. The van der Waals surface area contributed by atoms with Crippen molar-refractivity contribution in [3.63, 3.8) is 0 Å². The number of esters is 1. The zero-order valence-electron chi connectivity index (χ0n) is 11.0. The van der Waals surface area contributed by atoms with Crippen LogP contribution in [0.3, 0.4) is 0 Å². The Labute approximate surface area is 112 Å². The largest absolute Gasteiger partial charge is 0.497 e. The van der Waals surface area contributed by atoms with E-state index < -0.39 is 17.9 Å². The van der Waals surface area contributed by atoms with E-state index in [4.69, 9.17) is 9.47 Å². The fourth-order valence-corrected chi connectivity index (χ4v) is 1.23. The minimum atomic E-state index is -0.892. The first-order valence-electron chi connectivity index (χ1n) is 5.76. The van der Waals surface area contributed by atoms with Crippen LogP contribution in [0.25, 0.3) is 6.08 Å². The Hall–Kier alpha value is -2.36. The minimum absolute atomic E-state index is 0.481. The Kier molecular flexibility index (Phi) is 5.54. The van der Waals surface area contributed by atoms with Gasteiger partial charge in [-0.05, 0) is 30.7 Å². The lowest BCUT2D eigenvalue weighted by Crippen LogP contribution is -2.19. The van der Waals surface area contributed by atoms with Crippen molar-refractivity contribution in [3.8, 4) is 5.75 Å². The first-order chi connectivity index (χ1) is 9.06. The van der Waals surface area contributed by atoms with Crippen LogP contribution in [-0.4, -0.2) is 25.0 Å². The fourth-order valence-electron chi connectivity index (χ4n) is 1.23. The molecule has 0 fully saturated rings.